The molecule has 3 nitrogen and oxygen atoms in total. The Bertz CT molecular complexity index is 493. The van der Waals surface area contributed by atoms with Gasteiger partial charge in [0.1, 0.15) is 0 Å². The van der Waals surface area contributed by atoms with E-state index >= 15 is 0 Å². The number of hydrogen-bond donors (Lipinski definition) is 0. The Morgan fingerprint density at radius 1 is 1.31 bits per heavy atom. The lowest BCUT2D eigenvalue weighted by atomic mass is 9.91. The third kappa shape index (κ3) is 1.08. The van der Waals surface area contributed by atoms with Gasteiger partial charge in [0.2, 0.25) is 5.91 Å². The number of rotatable bonds is 1. The average molecular weight is 215 g/mol. The van der Waals surface area contributed by atoms with Gasteiger partial charge in [-0.1, -0.05) is 12.1 Å². The lowest BCUT2D eigenvalue weighted by Gasteiger charge is -2.31. The second-order valence-corrected chi connectivity index (χ2v) is 4.40. The van der Waals surface area contributed by atoms with E-state index in [0.29, 0.717) is 19.4 Å². The highest BCUT2D eigenvalue weighted by Crippen LogP contribution is 2.45. The number of carbonyl (C=O) groups is 2. The standard InChI is InChI=1S/C13H13NO2/c1-2-14-10-5-3-4-9-11(15)6-8(13(9)10)7-12(14)16/h3-5,8H,2,6-7H2,1H3. The average Bonchev–Trinajstić information content (AvgIpc) is 2.58. The second-order valence-electron chi connectivity index (χ2n) is 4.40. The zero-order valence-corrected chi connectivity index (χ0v) is 9.19. The first kappa shape index (κ1) is 9.58. The normalized spacial score (nSPS) is 22.6. The number of carbonyl (C=O) groups excluding carboxylic acids is 2. The minimum absolute atomic E-state index is 0.133. The van der Waals surface area contributed by atoms with Gasteiger partial charge in [-0.05, 0) is 18.6 Å². The minimum Gasteiger partial charge on any atom is -0.312 e. The molecule has 0 spiro atoms. The van der Waals surface area contributed by atoms with Gasteiger partial charge in [0, 0.05) is 36.6 Å². The molecular weight excluding hydrogens is 202 g/mol. The predicted octanol–water partition coefficient (Wildman–Crippen LogP) is 2.11. The molecule has 1 aromatic rings. The molecule has 3 heteroatoms. The van der Waals surface area contributed by atoms with Gasteiger partial charge in [-0.15, -0.1) is 0 Å². The van der Waals surface area contributed by atoms with Crippen molar-refractivity contribution in [3.63, 3.8) is 0 Å². The molecule has 1 amide bonds. The molecule has 1 unspecified atom stereocenters. The largest absolute Gasteiger partial charge is 0.312 e. The molecule has 1 aliphatic heterocycles. The fourth-order valence-electron chi connectivity index (χ4n) is 2.87. The SMILES string of the molecule is CCN1C(=O)CC2CC(=O)c3cccc1c32. The van der Waals surface area contributed by atoms with E-state index in [1.54, 1.807) is 4.90 Å². The van der Waals surface area contributed by atoms with Gasteiger partial charge in [-0.2, -0.15) is 0 Å². The third-order valence-electron chi connectivity index (χ3n) is 3.55. The van der Waals surface area contributed by atoms with Crippen LogP contribution >= 0.6 is 0 Å². The van der Waals surface area contributed by atoms with Gasteiger partial charge >= 0.3 is 0 Å². The summed E-state index contributed by atoms with van der Waals surface area (Å²) in [6.45, 7) is 2.64. The topological polar surface area (TPSA) is 37.4 Å². The molecule has 0 saturated carbocycles. The van der Waals surface area contributed by atoms with Gasteiger partial charge in [0.25, 0.3) is 0 Å². The molecule has 1 aromatic carbocycles. The number of ketones is 1. The Morgan fingerprint density at radius 3 is 2.88 bits per heavy atom. The molecule has 1 heterocycles. The fraction of sp³-hybridized carbons (Fsp3) is 0.385. The van der Waals surface area contributed by atoms with Gasteiger partial charge in [0.05, 0.1) is 0 Å². The third-order valence-corrected chi connectivity index (χ3v) is 3.55. The molecule has 82 valence electrons. The maximum Gasteiger partial charge on any atom is 0.227 e. The Labute approximate surface area is 94.1 Å². The van der Waals surface area contributed by atoms with Crippen LogP contribution in [0.3, 0.4) is 0 Å². The van der Waals surface area contributed by atoms with Crippen molar-refractivity contribution < 1.29 is 9.59 Å². The van der Waals surface area contributed by atoms with E-state index in [9.17, 15) is 9.59 Å². The molecule has 0 N–H and O–H groups in total. The number of amides is 1. The van der Waals surface area contributed by atoms with E-state index in [1.807, 2.05) is 25.1 Å². The lowest BCUT2D eigenvalue weighted by Crippen LogP contribution is -2.35. The van der Waals surface area contributed by atoms with Crippen molar-refractivity contribution in [1.82, 2.24) is 0 Å². The highest BCUT2D eigenvalue weighted by molar-refractivity contribution is 6.08. The fourth-order valence-corrected chi connectivity index (χ4v) is 2.87. The van der Waals surface area contributed by atoms with Crippen molar-refractivity contribution in [2.24, 2.45) is 0 Å². The van der Waals surface area contributed by atoms with E-state index in [-0.39, 0.29) is 17.6 Å². The maximum absolute atomic E-state index is 11.9. The van der Waals surface area contributed by atoms with Crippen LogP contribution in [-0.2, 0) is 4.79 Å². The summed E-state index contributed by atoms with van der Waals surface area (Å²) in [5.41, 5.74) is 2.88. The van der Waals surface area contributed by atoms with Crippen LogP contribution in [0.25, 0.3) is 0 Å². The Kier molecular flexibility index (Phi) is 1.90. The van der Waals surface area contributed by atoms with Crippen LogP contribution in [0.4, 0.5) is 5.69 Å². The number of benzene rings is 1. The number of nitrogens with zero attached hydrogens (tertiary/aromatic N) is 1. The van der Waals surface area contributed by atoms with Gasteiger partial charge in [-0.3, -0.25) is 9.59 Å². The molecule has 1 aliphatic carbocycles. The quantitative estimate of drug-likeness (QED) is 0.719. The molecule has 0 bridgehead atoms. The lowest BCUT2D eigenvalue weighted by molar-refractivity contribution is -0.119. The Balaban J connectivity index is 2.24. The summed E-state index contributed by atoms with van der Waals surface area (Å²) in [6, 6.07) is 5.70. The summed E-state index contributed by atoms with van der Waals surface area (Å²) < 4.78 is 0. The highest BCUT2D eigenvalue weighted by atomic mass is 16.2. The van der Waals surface area contributed by atoms with Gasteiger partial charge in [-0.25, -0.2) is 0 Å². The van der Waals surface area contributed by atoms with E-state index in [1.165, 1.54) is 0 Å². The zero-order chi connectivity index (χ0) is 11.3. The van der Waals surface area contributed by atoms with Crippen LogP contribution in [-0.4, -0.2) is 18.2 Å². The first-order valence-electron chi connectivity index (χ1n) is 5.69. The number of Topliss-reactive ketones (excluding diaryl/α,β-unsaturated/α-hetero) is 1. The van der Waals surface area contributed by atoms with E-state index in [0.717, 1.165) is 16.8 Å². The van der Waals surface area contributed by atoms with Crippen LogP contribution < -0.4 is 4.90 Å². The second kappa shape index (κ2) is 3.17. The molecule has 0 saturated heterocycles. The van der Waals surface area contributed by atoms with Crippen molar-refractivity contribution in [2.75, 3.05) is 11.4 Å². The minimum atomic E-state index is 0.133. The molecule has 0 fully saturated rings. The van der Waals surface area contributed by atoms with E-state index < -0.39 is 0 Å². The molecule has 16 heavy (non-hydrogen) atoms. The summed E-state index contributed by atoms with van der Waals surface area (Å²) in [5, 5.41) is 0. The van der Waals surface area contributed by atoms with E-state index in [2.05, 4.69) is 0 Å². The maximum atomic E-state index is 11.9. The summed E-state index contributed by atoms with van der Waals surface area (Å²) in [7, 11) is 0. The van der Waals surface area contributed by atoms with Crippen molar-refractivity contribution in [3.05, 3.63) is 29.3 Å². The van der Waals surface area contributed by atoms with E-state index in [4.69, 9.17) is 0 Å². The molecule has 0 radical (unpaired) electrons. The molecule has 0 aromatic heterocycles. The smallest absolute Gasteiger partial charge is 0.227 e. The van der Waals surface area contributed by atoms with Crippen LogP contribution in [0.15, 0.2) is 18.2 Å². The summed E-state index contributed by atoms with van der Waals surface area (Å²) in [4.78, 5) is 25.5. The van der Waals surface area contributed by atoms with Crippen molar-refractivity contribution >= 4 is 17.4 Å². The van der Waals surface area contributed by atoms with Crippen LogP contribution in [0.5, 0.6) is 0 Å². The summed E-state index contributed by atoms with van der Waals surface area (Å²) in [6.07, 6.45) is 0.999. The molecule has 3 rings (SSSR count). The van der Waals surface area contributed by atoms with Crippen LogP contribution in [0, 0.1) is 0 Å². The van der Waals surface area contributed by atoms with Gasteiger partial charge in [0.15, 0.2) is 5.78 Å². The van der Waals surface area contributed by atoms with Crippen molar-refractivity contribution in [1.29, 1.82) is 0 Å². The van der Waals surface area contributed by atoms with Gasteiger partial charge < -0.3 is 4.90 Å². The molecule has 2 aliphatic rings. The Hall–Kier alpha value is -1.64. The predicted molar refractivity (Wildman–Crippen MR) is 60.8 cm³/mol. The van der Waals surface area contributed by atoms with Crippen LogP contribution in [0.2, 0.25) is 0 Å². The monoisotopic (exact) mass is 215 g/mol. The number of hydrogen-bond acceptors (Lipinski definition) is 2. The van der Waals surface area contributed by atoms with Crippen molar-refractivity contribution in [2.45, 2.75) is 25.7 Å². The molecule has 1 atom stereocenters. The van der Waals surface area contributed by atoms with Crippen LogP contribution in [0.1, 0.15) is 41.6 Å². The number of anilines is 1. The Morgan fingerprint density at radius 2 is 2.12 bits per heavy atom. The zero-order valence-electron chi connectivity index (χ0n) is 9.19. The highest BCUT2D eigenvalue weighted by Gasteiger charge is 2.38. The molecular formula is C13H13NO2. The summed E-state index contributed by atoms with van der Waals surface area (Å²) >= 11 is 0. The summed E-state index contributed by atoms with van der Waals surface area (Å²) in [5.74, 6) is 0.466. The first-order valence-corrected chi connectivity index (χ1v) is 5.69. The first-order chi connectivity index (χ1) is 7.72. The van der Waals surface area contributed by atoms with Crippen molar-refractivity contribution in [3.8, 4) is 0 Å².